The van der Waals surface area contributed by atoms with E-state index >= 15 is 0 Å². The lowest BCUT2D eigenvalue weighted by molar-refractivity contribution is -0.137. The van der Waals surface area contributed by atoms with Gasteiger partial charge in [-0.15, -0.1) is 11.8 Å². The summed E-state index contributed by atoms with van der Waals surface area (Å²) < 4.78 is 5.12. The van der Waals surface area contributed by atoms with E-state index in [4.69, 9.17) is 10.5 Å². The molecule has 0 bridgehead atoms. The van der Waals surface area contributed by atoms with Gasteiger partial charge in [-0.2, -0.15) is 0 Å². The highest BCUT2D eigenvalue weighted by atomic mass is 32.2. The molecule has 1 aromatic rings. The van der Waals surface area contributed by atoms with Crippen LogP contribution < -0.4 is 5.73 Å². The van der Waals surface area contributed by atoms with Crippen LogP contribution in [0.4, 0.5) is 0 Å². The van der Waals surface area contributed by atoms with Gasteiger partial charge in [0.25, 0.3) is 5.91 Å². The summed E-state index contributed by atoms with van der Waals surface area (Å²) in [5.41, 5.74) is 5.74. The molecule has 124 valence electrons. The van der Waals surface area contributed by atoms with Crippen molar-refractivity contribution < 1.29 is 19.1 Å². The Bertz CT molecular complexity index is 605. The highest BCUT2D eigenvalue weighted by Crippen LogP contribution is 2.21. The molecule has 0 aromatic heterocycles. The van der Waals surface area contributed by atoms with Gasteiger partial charge in [0.1, 0.15) is 0 Å². The number of carbonyl (C=O) groups excluding carboxylic acids is 3. The van der Waals surface area contributed by atoms with E-state index in [0.29, 0.717) is 25.1 Å². The Morgan fingerprint density at radius 2 is 2.09 bits per heavy atom. The van der Waals surface area contributed by atoms with E-state index in [0.717, 1.165) is 11.3 Å². The van der Waals surface area contributed by atoms with Gasteiger partial charge in [0.2, 0.25) is 5.91 Å². The van der Waals surface area contributed by atoms with Crippen molar-refractivity contribution in [1.29, 1.82) is 0 Å². The van der Waals surface area contributed by atoms with Crippen LogP contribution in [0.15, 0.2) is 29.2 Å². The third-order valence-corrected chi connectivity index (χ3v) is 4.63. The first-order valence-corrected chi connectivity index (χ1v) is 8.62. The second-order valence-electron chi connectivity index (χ2n) is 5.36. The van der Waals surface area contributed by atoms with Crippen molar-refractivity contribution in [3.8, 4) is 0 Å². The maximum Gasteiger partial charge on any atom is 0.339 e. The summed E-state index contributed by atoms with van der Waals surface area (Å²) in [4.78, 5) is 37.8. The summed E-state index contributed by atoms with van der Waals surface area (Å²) in [7, 11) is 0. The van der Waals surface area contributed by atoms with Crippen LogP contribution in [-0.2, 0) is 14.3 Å². The fraction of sp³-hybridized carbons (Fsp3) is 0.438. The number of amides is 2. The van der Waals surface area contributed by atoms with Gasteiger partial charge in [-0.3, -0.25) is 9.59 Å². The molecule has 6 nitrogen and oxygen atoms in total. The van der Waals surface area contributed by atoms with E-state index < -0.39 is 11.9 Å². The largest absolute Gasteiger partial charge is 0.452 e. The molecule has 1 saturated heterocycles. The number of carbonyl (C=O) groups is 3. The molecule has 7 heteroatoms. The predicted molar refractivity (Wildman–Crippen MR) is 87.0 cm³/mol. The molecular weight excluding hydrogens is 316 g/mol. The van der Waals surface area contributed by atoms with E-state index in [1.165, 1.54) is 16.7 Å². The highest BCUT2D eigenvalue weighted by Gasteiger charge is 2.27. The van der Waals surface area contributed by atoms with Crippen LogP contribution in [0.2, 0.25) is 0 Å². The first-order chi connectivity index (χ1) is 11.0. The Balaban J connectivity index is 1.91. The average molecular weight is 336 g/mol. The van der Waals surface area contributed by atoms with Gasteiger partial charge in [0.05, 0.1) is 11.5 Å². The first kappa shape index (κ1) is 17.3. The smallest absolute Gasteiger partial charge is 0.339 e. The zero-order valence-corrected chi connectivity index (χ0v) is 13.8. The van der Waals surface area contributed by atoms with Crippen molar-refractivity contribution >= 4 is 29.5 Å². The molecule has 1 atom stereocenters. The minimum absolute atomic E-state index is 0.299. The number of likely N-dealkylation sites (tertiary alicyclic amines) is 1. The Morgan fingerprint density at radius 3 is 2.78 bits per heavy atom. The lowest BCUT2D eigenvalue weighted by atomic mass is 9.97. The number of primary amides is 1. The summed E-state index contributed by atoms with van der Waals surface area (Å²) in [6, 6.07) is 7.08. The topological polar surface area (TPSA) is 89.7 Å². The summed E-state index contributed by atoms with van der Waals surface area (Å²) in [5, 5.41) is 0. The minimum atomic E-state index is -0.522. The van der Waals surface area contributed by atoms with Gasteiger partial charge in [-0.1, -0.05) is 12.1 Å². The minimum Gasteiger partial charge on any atom is -0.452 e. The van der Waals surface area contributed by atoms with E-state index in [2.05, 4.69) is 0 Å². The Morgan fingerprint density at radius 1 is 1.35 bits per heavy atom. The van der Waals surface area contributed by atoms with Crippen LogP contribution in [-0.4, -0.2) is 48.6 Å². The van der Waals surface area contributed by atoms with E-state index in [1.54, 1.807) is 12.1 Å². The van der Waals surface area contributed by atoms with Crippen molar-refractivity contribution in [3.63, 3.8) is 0 Å². The van der Waals surface area contributed by atoms with Crippen molar-refractivity contribution in [3.05, 3.63) is 29.8 Å². The summed E-state index contributed by atoms with van der Waals surface area (Å²) in [6.45, 7) is 0.529. The molecular formula is C16H20N2O4S. The maximum absolute atomic E-state index is 12.1. The Hall–Kier alpha value is -2.02. The second kappa shape index (κ2) is 8.01. The number of hydrogen-bond acceptors (Lipinski definition) is 5. The normalized spacial score (nSPS) is 17.6. The van der Waals surface area contributed by atoms with E-state index in [1.807, 2.05) is 18.4 Å². The molecule has 1 aliphatic heterocycles. The molecule has 0 spiro atoms. The predicted octanol–water partition coefficient (Wildman–Crippen LogP) is 1.29. The summed E-state index contributed by atoms with van der Waals surface area (Å²) in [6.07, 6.45) is 3.29. The van der Waals surface area contributed by atoms with Crippen molar-refractivity contribution in [2.24, 2.45) is 11.7 Å². The van der Waals surface area contributed by atoms with Gasteiger partial charge in [-0.25, -0.2) is 4.79 Å². The molecule has 1 aromatic carbocycles. The molecule has 23 heavy (non-hydrogen) atoms. The summed E-state index contributed by atoms with van der Waals surface area (Å²) >= 11 is 1.44. The number of nitrogens with zero attached hydrogens (tertiary/aromatic N) is 1. The molecule has 0 aliphatic carbocycles. The fourth-order valence-electron chi connectivity index (χ4n) is 2.55. The number of ether oxygens (including phenoxy) is 1. The third kappa shape index (κ3) is 4.48. The highest BCUT2D eigenvalue weighted by molar-refractivity contribution is 7.98. The molecule has 0 radical (unpaired) electrons. The Kier molecular flexibility index (Phi) is 6.04. The molecule has 1 aliphatic rings. The van der Waals surface area contributed by atoms with Gasteiger partial charge in [0, 0.05) is 18.0 Å². The summed E-state index contributed by atoms with van der Waals surface area (Å²) in [5.74, 6) is -1.54. The molecule has 2 N–H and O–H groups in total. The lowest BCUT2D eigenvalue weighted by Gasteiger charge is -2.31. The fourth-order valence-corrected chi connectivity index (χ4v) is 3.13. The number of hydrogen-bond donors (Lipinski definition) is 1. The van der Waals surface area contributed by atoms with E-state index in [-0.39, 0.29) is 18.4 Å². The standard InChI is InChI=1S/C16H20N2O4S/c1-23-13-7-3-2-6-12(13)16(21)22-10-14(19)18-8-4-5-11(9-18)15(17)20/h2-3,6-7,11H,4-5,8-10H2,1H3,(H2,17,20)/t11-/m1/s1. The van der Waals surface area contributed by atoms with Gasteiger partial charge in [0.15, 0.2) is 6.61 Å². The van der Waals surface area contributed by atoms with Crippen molar-refractivity contribution in [1.82, 2.24) is 4.90 Å². The van der Waals surface area contributed by atoms with Crippen LogP contribution in [0, 0.1) is 5.92 Å². The van der Waals surface area contributed by atoms with Gasteiger partial charge < -0.3 is 15.4 Å². The lowest BCUT2D eigenvalue weighted by Crippen LogP contribution is -2.45. The van der Waals surface area contributed by atoms with Crippen LogP contribution in [0.3, 0.4) is 0 Å². The number of rotatable bonds is 5. The zero-order valence-electron chi connectivity index (χ0n) is 13.0. The number of esters is 1. The van der Waals surface area contributed by atoms with Crippen LogP contribution >= 0.6 is 11.8 Å². The van der Waals surface area contributed by atoms with Crippen molar-refractivity contribution in [2.45, 2.75) is 17.7 Å². The average Bonchev–Trinajstić information content (AvgIpc) is 2.59. The molecule has 2 rings (SSSR count). The third-order valence-electron chi connectivity index (χ3n) is 3.83. The number of piperidine rings is 1. The van der Waals surface area contributed by atoms with Gasteiger partial charge in [-0.05, 0) is 31.2 Å². The molecule has 2 amide bonds. The zero-order chi connectivity index (χ0) is 16.8. The second-order valence-corrected chi connectivity index (χ2v) is 6.21. The number of benzene rings is 1. The van der Waals surface area contributed by atoms with Gasteiger partial charge >= 0.3 is 5.97 Å². The van der Waals surface area contributed by atoms with Crippen LogP contribution in [0.5, 0.6) is 0 Å². The quantitative estimate of drug-likeness (QED) is 0.646. The number of nitrogens with two attached hydrogens (primary N) is 1. The van der Waals surface area contributed by atoms with Crippen LogP contribution in [0.25, 0.3) is 0 Å². The van der Waals surface area contributed by atoms with E-state index in [9.17, 15) is 14.4 Å². The number of thioether (sulfide) groups is 1. The first-order valence-electron chi connectivity index (χ1n) is 7.40. The maximum atomic E-state index is 12.1. The molecule has 1 fully saturated rings. The van der Waals surface area contributed by atoms with Crippen LogP contribution in [0.1, 0.15) is 23.2 Å². The molecule has 0 unspecified atom stereocenters. The monoisotopic (exact) mass is 336 g/mol. The molecule has 0 saturated carbocycles. The molecule has 1 heterocycles. The SMILES string of the molecule is CSc1ccccc1C(=O)OCC(=O)N1CCC[C@@H](C(N)=O)C1. The Labute approximate surface area is 139 Å². The van der Waals surface area contributed by atoms with Crippen molar-refractivity contribution in [2.75, 3.05) is 26.0 Å².